The monoisotopic (exact) mass is 263 g/mol. The highest BCUT2D eigenvalue weighted by atomic mass is 35.5. The third-order valence-corrected chi connectivity index (χ3v) is 3.25. The molecule has 0 aliphatic heterocycles. The van der Waals surface area contributed by atoms with E-state index in [4.69, 9.17) is 11.6 Å². The number of aromatic nitrogens is 3. The number of aryl methyl sites for hydroxylation is 1. The molecule has 0 saturated heterocycles. The van der Waals surface area contributed by atoms with Gasteiger partial charge in [-0.3, -0.25) is 4.57 Å². The van der Waals surface area contributed by atoms with E-state index >= 15 is 0 Å². The van der Waals surface area contributed by atoms with Crippen LogP contribution >= 0.6 is 11.6 Å². The van der Waals surface area contributed by atoms with E-state index in [0.29, 0.717) is 11.8 Å². The topological polar surface area (TPSA) is 30.7 Å². The fraction of sp³-hybridized carbons (Fsp3) is 0.429. The van der Waals surface area contributed by atoms with Gasteiger partial charge in [0.05, 0.1) is 6.54 Å². The summed E-state index contributed by atoms with van der Waals surface area (Å²) in [6.45, 7) is 9.15. The minimum atomic E-state index is -0.0666. The lowest BCUT2D eigenvalue weighted by Gasteiger charge is -2.19. The summed E-state index contributed by atoms with van der Waals surface area (Å²) >= 11 is 6.14. The fourth-order valence-corrected chi connectivity index (χ4v) is 2.11. The Balaban J connectivity index is 2.41. The van der Waals surface area contributed by atoms with Crippen LogP contribution in [0.3, 0.4) is 0 Å². The molecule has 2 aromatic rings. The zero-order valence-electron chi connectivity index (χ0n) is 11.2. The fourth-order valence-electron chi connectivity index (χ4n) is 1.94. The van der Waals surface area contributed by atoms with Gasteiger partial charge in [0.15, 0.2) is 0 Å². The first-order valence-corrected chi connectivity index (χ1v) is 6.41. The molecule has 0 radical (unpaired) electrons. The van der Waals surface area contributed by atoms with Crippen molar-refractivity contribution in [2.24, 2.45) is 0 Å². The Morgan fingerprint density at radius 3 is 2.44 bits per heavy atom. The number of hydrogen-bond acceptors (Lipinski definition) is 2. The standard InChI is InChI=1S/C14H18ClN3/c1-10-7-5-6-8-11(10)9-18-12(14(2,3)4)16-17-13(18)15/h5-8H,9H2,1-4H3. The Labute approximate surface area is 113 Å². The predicted octanol–water partition coefficient (Wildman–Crippen LogP) is 3.59. The zero-order chi connectivity index (χ0) is 13.3. The summed E-state index contributed by atoms with van der Waals surface area (Å²) in [7, 11) is 0. The zero-order valence-corrected chi connectivity index (χ0v) is 12.0. The molecule has 2 rings (SSSR count). The Kier molecular flexibility index (Phi) is 3.44. The predicted molar refractivity (Wildman–Crippen MR) is 74.0 cm³/mol. The SMILES string of the molecule is Cc1ccccc1Cn1c(Cl)nnc1C(C)(C)C. The number of hydrogen-bond donors (Lipinski definition) is 0. The van der Waals surface area contributed by atoms with Gasteiger partial charge in [-0.1, -0.05) is 45.0 Å². The molecule has 0 fully saturated rings. The maximum Gasteiger partial charge on any atom is 0.225 e. The molecular formula is C14H18ClN3. The number of halogens is 1. The summed E-state index contributed by atoms with van der Waals surface area (Å²) in [5.74, 6) is 0.913. The van der Waals surface area contributed by atoms with E-state index in [2.05, 4.69) is 50.0 Å². The molecule has 0 spiro atoms. The number of rotatable bonds is 2. The van der Waals surface area contributed by atoms with Crippen LogP contribution in [-0.4, -0.2) is 14.8 Å². The van der Waals surface area contributed by atoms with Gasteiger partial charge in [0, 0.05) is 5.41 Å². The maximum atomic E-state index is 6.14. The second-order valence-corrected chi connectivity index (χ2v) is 5.89. The first kappa shape index (κ1) is 13.1. The van der Waals surface area contributed by atoms with E-state index in [1.54, 1.807) is 0 Å². The van der Waals surface area contributed by atoms with E-state index in [-0.39, 0.29) is 5.41 Å². The van der Waals surface area contributed by atoms with Crippen molar-refractivity contribution in [3.8, 4) is 0 Å². The smallest absolute Gasteiger partial charge is 0.225 e. The molecule has 1 aromatic carbocycles. The second-order valence-electron chi connectivity index (χ2n) is 5.56. The molecule has 0 unspecified atom stereocenters. The van der Waals surface area contributed by atoms with Crippen molar-refractivity contribution in [1.82, 2.24) is 14.8 Å². The van der Waals surface area contributed by atoms with Crippen LogP contribution in [0.15, 0.2) is 24.3 Å². The highest BCUT2D eigenvalue weighted by Gasteiger charge is 2.23. The van der Waals surface area contributed by atoms with Gasteiger partial charge in [0.25, 0.3) is 0 Å². The molecular weight excluding hydrogens is 246 g/mol. The van der Waals surface area contributed by atoms with Crippen molar-refractivity contribution in [1.29, 1.82) is 0 Å². The van der Waals surface area contributed by atoms with E-state index in [1.165, 1.54) is 11.1 Å². The molecule has 1 aromatic heterocycles. The third kappa shape index (κ3) is 2.56. The van der Waals surface area contributed by atoms with Crippen molar-refractivity contribution in [3.63, 3.8) is 0 Å². The lowest BCUT2D eigenvalue weighted by Crippen LogP contribution is -2.20. The largest absolute Gasteiger partial charge is 0.297 e. The molecule has 96 valence electrons. The quantitative estimate of drug-likeness (QED) is 0.829. The van der Waals surface area contributed by atoms with Crippen LogP contribution < -0.4 is 0 Å². The molecule has 0 aliphatic carbocycles. The van der Waals surface area contributed by atoms with Gasteiger partial charge in [-0.15, -0.1) is 10.2 Å². The van der Waals surface area contributed by atoms with Gasteiger partial charge < -0.3 is 0 Å². The van der Waals surface area contributed by atoms with Gasteiger partial charge in [-0.2, -0.15) is 0 Å². The summed E-state index contributed by atoms with van der Waals surface area (Å²) < 4.78 is 1.98. The highest BCUT2D eigenvalue weighted by molar-refractivity contribution is 6.28. The van der Waals surface area contributed by atoms with Crippen LogP contribution in [0.25, 0.3) is 0 Å². The minimum Gasteiger partial charge on any atom is -0.297 e. The number of nitrogens with zero attached hydrogens (tertiary/aromatic N) is 3. The van der Waals surface area contributed by atoms with Crippen molar-refractivity contribution in [2.75, 3.05) is 0 Å². The Morgan fingerprint density at radius 1 is 1.17 bits per heavy atom. The molecule has 4 heteroatoms. The second kappa shape index (κ2) is 4.73. The van der Waals surface area contributed by atoms with Crippen LogP contribution in [0.5, 0.6) is 0 Å². The van der Waals surface area contributed by atoms with Crippen molar-refractivity contribution in [3.05, 3.63) is 46.5 Å². The molecule has 0 amide bonds. The Bertz CT molecular complexity index is 552. The average molecular weight is 264 g/mol. The maximum absolute atomic E-state index is 6.14. The summed E-state index contributed by atoms with van der Waals surface area (Å²) in [5, 5.41) is 8.63. The summed E-state index contributed by atoms with van der Waals surface area (Å²) in [6.07, 6.45) is 0. The number of benzene rings is 1. The first-order valence-electron chi connectivity index (χ1n) is 6.03. The van der Waals surface area contributed by atoms with Crippen molar-refractivity contribution < 1.29 is 0 Å². The van der Waals surface area contributed by atoms with E-state index in [0.717, 1.165) is 5.82 Å². The van der Waals surface area contributed by atoms with Gasteiger partial charge in [0.2, 0.25) is 5.28 Å². The molecule has 18 heavy (non-hydrogen) atoms. The van der Waals surface area contributed by atoms with Crippen molar-refractivity contribution >= 4 is 11.6 Å². The Hall–Kier alpha value is -1.35. The molecule has 3 nitrogen and oxygen atoms in total. The van der Waals surface area contributed by atoms with E-state index in [1.807, 2.05) is 16.7 Å². The van der Waals surface area contributed by atoms with Gasteiger partial charge in [-0.05, 0) is 29.7 Å². The molecule has 0 atom stereocenters. The Morgan fingerprint density at radius 2 is 1.83 bits per heavy atom. The van der Waals surface area contributed by atoms with Crippen LogP contribution in [0.2, 0.25) is 5.28 Å². The van der Waals surface area contributed by atoms with E-state index < -0.39 is 0 Å². The molecule has 0 saturated carbocycles. The molecule has 1 heterocycles. The first-order chi connectivity index (χ1) is 8.39. The average Bonchev–Trinajstić information content (AvgIpc) is 2.63. The van der Waals surface area contributed by atoms with E-state index in [9.17, 15) is 0 Å². The molecule has 0 aliphatic rings. The molecule has 0 bridgehead atoms. The summed E-state index contributed by atoms with van der Waals surface area (Å²) in [4.78, 5) is 0. The van der Waals surface area contributed by atoms with Crippen LogP contribution in [-0.2, 0) is 12.0 Å². The van der Waals surface area contributed by atoms with Crippen molar-refractivity contribution in [2.45, 2.75) is 39.7 Å². The van der Waals surface area contributed by atoms with Crippen LogP contribution in [0.4, 0.5) is 0 Å². The minimum absolute atomic E-state index is 0.0666. The lowest BCUT2D eigenvalue weighted by atomic mass is 9.95. The normalized spacial score (nSPS) is 11.8. The van der Waals surface area contributed by atoms with Crippen LogP contribution in [0, 0.1) is 6.92 Å². The van der Waals surface area contributed by atoms with Gasteiger partial charge >= 0.3 is 0 Å². The highest BCUT2D eigenvalue weighted by Crippen LogP contribution is 2.24. The molecule has 0 N–H and O–H groups in total. The lowest BCUT2D eigenvalue weighted by molar-refractivity contribution is 0.509. The van der Waals surface area contributed by atoms with Gasteiger partial charge in [0.1, 0.15) is 5.82 Å². The van der Waals surface area contributed by atoms with Crippen LogP contribution in [0.1, 0.15) is 37.7 Å². The third-order valence-electron chi connectivity index (χ3n) is 2.97. The van der Waals surface area contributed by atoms with Gasteiger partial charge in [-0.25, -0.2) is 0 Å². The summed E-state index contributed by atoms with van der Waals surface area (Å²) in [5.41, 5.74) is 2.43. The summed E-state index contributed by atoms with van der Waals surface area (Å²) in [6, 6.07) is 8.29.